The quantitative estimate of drug-likeness (QED) is 0.171. The van der Waals surface area contributed by atoms with Crippen LogP contribution in [0.1, 0.15) is 68.2 Å². The van der Waals surface area contributed by atoms with Crippen molar-refractivity contribution in [2.24, 2.45) is 0 Å². The molecule has 0 aromatic heterocycles. The van der Waals surface area contributed by atoms with E-state index >= 15 is 0 Å². The van der Waals surface area contributed by atoms with Crippen LogP contribution in [0.25, 0.3) is 55.3 Å². The molecule has 3 aliphatic carbocycles. The molecule has 1 saturated carbocycles. The first-order valence-corrected chi connectivity index (χ1v) is 20.5. The molecular formula is C55H45N. The number of nitrogens with zero attached hydrogens (tertiary/aromatic N) is 1. The Labute approximate surface area is 330 Å². The fraction of sp³-hybridized carbons (Fsp3) is 0.164. The van der Waals surface area contributed by atoms with E-state index in [2.05, 4.69) is 195 Å². The molecule has 1 nitrogen and oxygen atoms in total. The molecule has 11 rings (SSSR count). The van der Waals surface area contributed by atoms with Crippen LogP contribution in [0.5, 0.6) is 0 Å². The molecule has 0 radical (unpaired) electrons. The second kappa shape index (κ2) is 12.7. The normalized spacial score (nSPS) is 15.6. The lowest BCUT2D eigenvalue weighted by Crippen LogP contribution is -2.28. The molecule has 0 bridgehead atoms. The summed E-state index contributed by atoms with van der Waals surface area (Å²) in [5, 5.41) is 2.52. The summed E-state index contributed by atoms with van der Waals surface area (Å²) in [7, 11) is 0. The van der Waals surface area contributed by atoms with Crippen molar-refractivity contribution in [1.82, 2.24) is 0 Å². The summed E-state index contributed by atoms with van der Waals surface area (Å²) in [6, 6.07) is 66.3. The molecule has 0 aliphatic heterocycles. The Morgan fingerprint density at radius 3 is 1.64 bits per heavy atom. The summed E-state index contributed by atoms with van der Waals surface area (Å²) < 4.78 is 0. The maximum atomic E-state index is 2.58. The Morgan fingerprint density at radius 1 is 0.393 bits per heavy atom. The first kappa shape index (κ1) is 33.2. The molecule has 0 unspecified atom stereocenters. The van der Waals surface area contributed by atoms with Crippen molar-refractivity contribution in [2.75, 3.05) is 4.90 Å². The number of benzene rings is 8. The number of hydrogen-bond acceptors (Lipinski definition) is 1. The number of fused-ring (bicyclic) bond motifs is 9. The van der Waals surface area contributed by atoms with Gasteiger partial charge in [-0.05, 0) is 104 Å². The highest BCUT2D eigenvalue weighted by atomic mass is 15.1. The van der Waals surface area contributed by atoms with E-state index in [1.54, 1.807) is 0 Å². The van der Waals surface area contributed by atoms with Crippen LogP contribution < -0.4 is 4.90 Å². The number of para-hydroxylation sites is 2. The standard InChI is InChI=1S/C55H45N/c1-54(2)48-28-10-6-22-42(48)46-26-17-27-47(53(46)54)45-24-9-13-31-52(45)56(51-30-12-8-23-44(51)40-25-16-19-37-18-4-5-20-39(37)40)38-32-33-43-41-21-7-11-29-49(41)55(50(43)36-38)34-14-3-15-35-55/h4-13,16-33,36H,3,14-15,34-35H2,1-2H3. The minimum Gasteiger partial charge on any atom is -0.309 e. The van der Waals surface area contributed by atoms with Gasteiger partial charge in [-0.2, -0.15) is 0 Å². The molecule has 1 heteroatoms. The van der Waals surface area contributed by atoms with E-state index < -0.39 is 0 Å². The molecule has 56 heavy (non-hydrogen) atoms. The van der Waals surface area contributed by atoms with Crippen LogP contribution in [0.15, 0.2) is 176 Å². The van der Waals surface area contributed by atoms with Gasteiger partial charge in [-0.25, -0.2) is 0 Å². The van der Waals surface area contributed by atoms with Gasteiger partial charge >= 0.3 is 0 Å². The third-order valence-corrected chi connectivity index (χ3v) is 13.5. The summed E-state index contributed by atoms with van der Waals surface area (Å²) >= 11 is 0. The average molecular weight is 720 g/mol. The molecule has 270 valence electrons. The summed E-state index contributed by atoms with van der Waals surface area (Å²) in [6.07, 6.45) is 6.26. The van der Waals surface area contributed by atoms with Crippen LogP contribution in [-0.4, -0.2) is 0 Å². The fourth-order valence-electron chi connectivity index (χ4n) is 11.0. The van der Waals surface area contributed by atoms with E-state index in [9.17, 15) is 0 Å². The molecule has 0 heterocycles. The Morgan fingerprint density at radius 2 is 0.893 bits per heavy atom. The monoisotopic (exact) mass is 719 g/mol. The fourth-order valence-corrected chi connectivity index (χ4v) is 11.0. The van der Waals surface area contributed by atoms with Gasteiger partial charge in [0.25, 0.3) is 0 Å². The van der Waals surface area contributed by atoms with E-state index in [4.69, 9.17) is 0 Å². The highest BCUT2D eigenvalue weighted by molar-refractivity contribution is 6.03. The molecule has 1 spiro atoms. The zero-order valence-electron chi connectivity index (χ0n) is 32.2. The van der Waals surface area contributed by atoms with Gasteiger partial charge in [-0.15, -0.1) is 0 Å². The van der Waals surface area contributed by atoms with Crippen LogP contribution >= 0.6 is 0 Å². The van der Waals surface area contributed by atoms with E-state index in [1.807, 2.05) is 0 Å². The molecular weight excluding hydrogens is 675 g/mol. The predicted molar refractivity (Wildman–Crippen MR) is 236 cm³/mol. The Hall–Kier alpha value is -6.18. The number of hydrogen-bond donors (Lipinski definition) is 0. The van der Waals surface area contributed by atoms with Crippen molar-refractivity contribution in [3.63, 3.8) is 0 Å². The van der Waals surface area contributed by atoms with Crippen molar-refractivity contribution in [3.8, 4) is 44.5 Å². The van der Waals surface area contributed by atoms with Crippen molar-refractivity contribution in [1.29, 1.82) is 0 Å². The Bertz CT molecular complexity index is 2830. The smallest absolute Gasteiger partial charge is 0.0540 e. The van der Waals surface area contributed by atoms with Crippen molar-refractivity contribution >= 4 is 27.8 Å². The zero-order valence-corrected chi connectivity index (χ0v) is 32.2. The minimum absolute atomic E-state index is 0.0522. The SMILES string of the molecule is CC1(C)c2ccccc2-c2cccc(-c3ccccc3N(c3ccc4c(c3)C3(CCCCC3)c3ccccc3-4)c3ccccc3-c3cccc4ccccc34)c21. The lowest BCUT2D eigenvalue weighted by Gasteiger charge is -2.37. The molecule has 3 aliphatic rings. The van der Waals surface area contributed by atoms with E-state index in [1.165, 1.54) is 127 Å². The largest absolute Gasteiger partial charge is 0.309 e. The highest BCUT2D eigenvalue weighted by Gasteiger charge is 2.44. The second-order valence-corrected chi connectivity index (χ2v) is 16.7. The highest BCUT2D eigenvalue weighted by Crippen LogP contribution is 2.58. The molecule has 0 N–H and O–H groups in total. The van der Waals surface area contributed by atoms with Crippen LogP contribution in [0.4, 0.5) is 17.1 Å². The third-order valence-electron chi connectivity index (χ3n) is 13.5. The van der Waals surface area contributed by atoms with Crippen LogP contribution in [0, 0.1) is 0 Å². The molecule has 0 saturated heterocycles. The summed E-state index contributed by atoms with van der Waals surface area (Å²) in [4.78, 5) is 2.58. The first-order chi connectivity index (χ1) is 27.5. The van der Waals surface area contributed by atoms with Gasteiger partial charge in [0.2, 0.25) is 0 Å². The second-order valence-electron chi connectivity index (χ2n) is 16.7. The van der Waals surface area contributed by atoms with Gasteiger partial charge in [0.15, 0.2) is 0 Å². The minimum atomic E-state index is -0.145. The lowest BCUT2D eigenvalue weighted by molar-refractivity contribution is 0.353. The van der Waals surface area contributed by atoms with Gasteiger partial charge in [0, 0.05) is 27.6 Å². The molecule has 8 aromatic carbocycles. The lowest BCUT2D eigenvalue weighted by atomic mass is 9.68. The van der Waals surface area contributed by atoms with Gasteiger partial charge in [-0.3, -0.25) is 0 Å². The molecule has 8 aromatic rings. The Balaban J connectivity index is 1.19. The van der Waals surface area contributed by atoms with E-state index in [0.717, 1.165) is 0 Å². The van der Waals surface area contributed by atoms with Crippen LogP contribution in [-0.2, 0) is 10.8 Å². The van der Waals surface area contributed by atoms with Crippen molar-refractivity contribution in [2.45, 2.75) is 56.8 Å². The van der Waals surface area contributed by atoms with Gasteiger partial charge in [0.1, 0.15) is 0 Å². The van der Waals surface area contributed by atoms with Gasteiger partial charge < -0.3 is 4.90 Å². The average Bonchev–Trinajstić information content (AvgIpc) is 3.65. The number of anilines is 3. The van der Waals surface area contributed by atoms with Crippen LogP contribution in [0.3, 0.4) is 0 Å². The third kappa shape index (κ3) is 4.80. The summed E-state index contributed by atoms with van der Waals surface area (Å²) in [6.45, 7) is 4.80. The summed E-state index contributed by atoms with van der Waals surface area (Å²) in [5.41, 5.74) is 19.8. The molecule has 0 amide bonds. The maximum absolute atomic E-state index is 2.58. The van der Waals surface area contributed by atoms with Gasteiger partial charge in [-0.1, -0.05) is 185 Å². The summed E-state index contributed by atoms with van der Waals surface area (Å²) in [5.74, 6) is 0. The Kier molecular flexibility index (Phi) is 7.52. The first-order valence-electron chi connectivity index (χ1n) is 20.5. The van der Waals surface area contributed by atoms with Crippen molar-refractivity contribution < 1.29 is 0 Å². The van der Waals surface area contributed by atoms with Crippen molar-refractivity contribution in [3.05, 3.63) is 198 Å². The molecule has 1 fully saturated rings. The van der Waals surface area contributed by atoms with E-state index in [0.29, 0.717) is 0 Å². The number of rotatable bonds is 5. The topological polar surface area (TPSA) is 3.24 Å². The van der Waals surface area contributed by atoms with Gasteiger partial charge in [0.05, 0.1) is 11.4 Å². The predicted octanol–water partition coefficient (Wildman–Crippen LogP) is 15.2. The van der Waals surface area contributed by atoms with E-state index in [-0.39, 0.29) is 10.8 Å². The molecule has 0 atom stereocenters. The zero-order chi connectivity index (χ0) is 37.4. The maximum Gasteiger partial charge on any atom is 0.0540 e. The van der Waals surface area contributed by atoms with Crippen LogP contribution in [0.2, 0.25) is 0 Å².